The maximum atomic E-state index is 12.2. The molecule has 0 aromatic heterocycles. The van der Waals surface area contributed by atoms with E-state index in [0.29, 0.717) is 0 Å². The Labute approximate surface area is 342 Å². The van der Waals surface area contributed by atoms with Crippen molar-refractivity contribution in [1.29, 1.82) is 0 Å². The molecular formula is C52H50O6. The lowest BCUT2D eigenvalue weighted by molar-refractivity contribution is -0.159. The first-order valence-electron chi connectivity index (χ1n) is 19.0. The van der Waals surface area contributed by atoms with E-state index in [1.807, 2.05) is 158 Å². The smallest absolute Gasteiger partial charge is 0.321 e. The SMILES string of the molecule is C(=C\c1ccccc1)/Cc1ccccc1.CC(=O)OC(/C=C/c1ccccc1)c1ccccc1.COC(=O)C(C(=O)OC)C(/C=C/c1ccccc1)c1ccccc1. The lowest BCUT2D eigenvalue weighted by Gasteiger charge is -2.21. The molecule has 0 saturated heterocycles. The Kier molecular flexibility index (Phi) is 19.0. The van der Waals surface area contributed by atoms with Gasteiger partial charge in [0.1, 0.15) is 6.10 Å². The molecule has 0 N–H and O–H groups in total. The zero-order valence-electron chi connectivity index (χ0n) is 33.2. The van der Waals surface area contributed by atoms with Gasteiger partial charge in [0.15, 0.2) is 5.92 Å². The fourth-order valence-corrected chi connectivity index (χ4v) is 5.82. The average molecular weight is 771 g/mol. The molecule has 0 spiro atoms. The van der Waals surface area contributed by atoms with Gasteiger partial charge in [-0.25, -0.2) is 0 Å². The third-order valence-electron chi connectivity index (χ3n) is 8.74. The highest BCUT2D eigenvalue weighted by Crippen LogP contribution is 2.29. The predicted molar refractivity (Wildman–Crippen MR) is 234 cm³/mol. The lowest BCUT2D eigenvalue weighted by Crippen LogP contribution is -2.31. The lowest BCUT2D eigenvalue weighted by atomic mass is 9.85. The third-order valence-corrected chi connectivity index (χ3v) is 8.74. The number of carbonyl (C=O) groups is 3. The minimum atomic E-state index is -1.05. The zero-order valence-corrected chi connectivity index (χ0v) is 33.2. The fourth-order valence-electron chi connectivity index (χ4n) is 5.82. The summed E-state index contributed by atoms with van der Waals surface area (Å²) in [6, 6.07) is 59.5. The van der Waals surface area contributed by atoms with Crippen molar-refractivity contribution in [2.45, 2.75) is 25.4 Å². The van der Waals surface area contributed by atoms with Gasteiger partial charge in [-0.2, -0.15) is 0 Å². The van der Waals surface area contributed by atoms with Crippen molar-refractivity contribution < 1.29 is 28.6 Å². The molecule has 0 saturated carbocycles. The second-order valence-corrected chi connectivity index (χ2v) is 12.9. The van der Waals surface area contributed by atoms with E-state index in [2.05, 4.69) is 60.7 Å². The van der Waals surface area contributed by atoms with Crippen LogP contribution in [0.4, 0.5) is 0 Å². The molecule has 0 heterocycles. The normalized spacial score (nSPS) is 11.8. The van der Waals surface area contributed by atoms with Crippen molar-refractivity contribution in [1.82, 2.24) is 0 Å². The molecule has 0 aliphatic carbocycles. The van der Waals surface area contributed by atoms with Gasteiger partial charge in [0.2, 0.25) is 0 Å². The minimum absolute atomic E-state index is 0.286. The summed E-state index contributed by atoms with van der Waals surface area (Å²) in [5, 5.41) is 0. The number of rotatable bonds is 13. The van der Waals surface area contributed by atoms with E-state index in [0.717, 1.165) is 28.7 Å². The van der Waals surface area contributed by atoms with Crippen LogP contribution >= 0.6 is 0 Å². The van der Waals surface area contributed by atoms with Gasteiger partial charge in [0, 0.05) is 12.8 Å². The van der Waals surface area contributed by atoms with Gasteiger partial charge in [0.05, 0.1) is 14.2 Å². The molecule has 58 heavy (non-hydrogen) atoms. The largest absolute Gasteiger partial charge is 0.468 e. The molecule has 6 rings (SSSR count). The summed E-state index contributed by atoms with van der Waals surface area (Å²) in [7, 11) is 2.53. The number of hydrogen-bond donors (Lipinski definition) is 0. The fraction of sp³-hybridized carbons (Fsp3) is 0.135. The quantitative estimate of drug-likeness (QED) is 0.0661. The number of methoxy groups -OCH3 is 2. The van der Waals surface area contributed by atoms with Crippen LogP contribution in [0.1, 0.15) is 52.3 Å². The summed E-state index contributed by atoms with van der Waals surface area (Å²) in [6.45, 7) is 1.42. The molecular weight excluding hydrogens is 721 g/mol. The van der Waals surface area contributed by atoms with Gasteiger partial charge < -0.3 is 14.2 Å². The van der Waals surface area contributed by atoms with Crippen molar-refractivity contribution in [2.75, 3.05) is 14.2 Å². The summed E-state index contributed by atoms with van der Waals surface area (Å²) in [5.74, 6) is -3.05. The number of allylic oxidation sites excluding steroid dienone is 2. The van der Waals surface area contributed by atoms with Crippen LogP contribution in [0, 0.1) is 5.92 Å². The van der Waals surface area contributed by atoms with Crippen LogP contribution in [-0.4, -0.2) is 32.1 Å². The van der Waals surface area contributed by atoms with E-state index in [4.69, 9.17) is 14.2 Å². The van der Waals surface area contributed by atoms with Crippen molar-refractivity contribution in [3.05, 3.63) is 234 Å². The average Bonchev–Trinajstić information content (AvgIpc) is 3.28. The van der Waals surface area contributed by atoms with Gasteiger partial charge >= 0.3 is 17.9 Å². The number of carbonyl (C=O) groups excluding carboxylic acids is 3. The number of ether oxygens (including phenoxy) is 3. The molecule has 0 aliphatic rings. The van der Waals surface area contributed by atoms with E-state index < -0.39 is 23.8 Å². The van der Waals surface area contributed by atoms with Crippen molar-refractivity contribution in [3.8, 4) is 0 Å². The van der Waals surface area contributed by atoms with Crippen LogP contribution in [0.5, 0.6) is 0 Å². The summed E-state index contributed by atoms with van der Waals surface area (Å²) in [5.41, 5.74) is 6.47. The topological polar surface area (TPSA) is 78.9 Å². The van der Waals surface area contributed by atoms with E-state index in [-0.39, 0.29) is 12.1 Å². The van der Waals surface area contributed by atoms with Crippen LogP contribution in [0.3, 0.4) is 0 Å². The first-order valence-corrected chi connectivity index (χ1v) is 19.0. The highest BCUT2D eigenvalue weighted by molar-refractivity contribution is 5.96. The van der Waals surface area contributed by atoms with Crippen LogP contribution in [0.15, 0.2) is 200 Å². The van der Waals surface area contributed by atoms with Crippen molar-refractivity contribution >= 4 is 36.1 Å². The Morgan fingerprint density at radius 3 is 1.29 bits per heavy atom. The first-order chi connectivity index (χ1) is 28.4. The Bertz CT molecular complexity index is 2130. The summed E-state index contributed by atoms with van der Waals surface area (Å²) in [6.07, 6.45) is 12.6. The summed E-state index contributed by atoms with van der Waals surface area (Å²) in [4.78, 5) is 35.5. The monoisotopic (exact) mass is 770 g/mol. The number of benzene rings is 6. The second-order valence-electron chi connectivity index (χ2n) is 12.9. The van der Waals surface area contributed by atoms with Crippen LogP contribution in [0.2, 0.25) is 0 Å². The van der Waals surface area contributed by atoms with Crippen LogP contribution in [0.25, 0.3) is 18.2 Å². The number of hydrogen-bond acceptors (Lipinski definition) is 6. The molecule has 6 aromatic rings. The van der Waals surface area contributed by atoms with Gasteiger partial charge in [-0.1, -0.05) is 212 Å². The molecule has 2 atom stereocenters. The van der Waals surface area contributed by atoms with Gasteiger partial charge in [0.25, 0.3) is 0 Å². The van der Waals surface area contributed by atoms with Crippen LogP contribution < -0.4 is 0 Å². The summed E-state index contributed by atoms with van der Waals surface area (Å²) < 4.78 is 15.0. The van der Waals surface area contributed by atoms with E-state index in [1.165, 1.54) is 32.3 Å². The standard InChI is InChI=1S/C20H20O4.C17H16O2.C15H14/c1-23-19(21)18(20(22)24-2)17(16-11-7-4-8-12-16)14-13-15-9-5-3-6-10-15;1-14(18)19-17(16-10-6-3-7-11-16)13-12-15-8-4-2-5-9-15;1-3-8-14(9-4-1)12-7-13-15-10-5-2-6-11-15/h3-14,17-18H,1-2H3;2-13,17H,1H3;1-12H,13H2/b14-13+;13-12+;12-7+. The number of esters is 3. The molecule has 2 unspecified atom stereocenters. The molecule has 0 bridgehead atoms. The van der Waals surface area contributed by atoms with Crippen molar-refractivity contribution in [2.24, 2.45) is 5.92 Å². The maximum Gasteiger partial charge on any atom is 0.321 e. The Morgan fingerprint density at radius 2 is 0.862 bits per heavy atom. The summed E-state index contributed by atoms with van der Waals surface area (Å²) >= 11 is 0. The van der Waals surface area contributed by atoms with Crippen LogP contribution in [-0.2, 0) is 35.0 Å². The van der Waals surface area contributed by atoms with Gasteiger partial charge in [-0.05, 0) is 45.9 Å². The Balaban J connectivity index is 0.000000198. The van der Waals surface area contributed by atoms with Gasteiger partial charge in [-0.3, -0.25) is 14.4 Å². The van der Waals surface area contributed by atoms with Crippen molar-refractivity contribution in [3.63, 3.8) is 0 Å². The molecule has 0 amide bonds. The predicted octanol–water partition coefficient (Wildman–Crippen LogP) is 11.4. The molecule has 294 valence electrons. The minimum Gasteiger partial charge on any atom is -0.468 e. The molecule has 0 radical (unpaired) electrons. The van der Waals surface area contributed by atoms with Gasteiger partial charge in [-0.15, -0.1) is 0 Å². The molecule has 6 heteroatoms. The Morgan fingerprint density at radius 1 is 0.483 bits per heavy atom. The Hall–Kier alpha value is -7.05. The molecule has 6 nitrogen and oxygen atoms in total. The second kappa shape index (κ2) is 25.2. The zero-order chi connectivity index (χ0) is 41.2. The highest BCUT2D eigenvalue weighted by Gasteiger charge is 2.36. The first kappa shape index (κ1) is 43.7. The molecule has 0 aliphatic heterocycles. The van der Waals surface area contributed by atoms with E-state index in [1.54, 1.807) is 0 Å². The third kappa shape index (κ3) is 15.6. The highest BCUT2D eigenvalue weighted by atomic mass is 16.5. The van der Waals surface area contributed by atoms with E-state index in [9.17, 15) is 14.4 Å². The maximum absolute atomic E-state index is 12.2. The molecule has 6 aromatic carbocycles. The van der Waals surface area contributed by atoms with E-state index >= 15 is 0 Å². The molecule has 0 fully saturated rings.